The van der Waals surface area contributed by atoms with Crippen LogP contribution in [0.25, 0.3) is 0 Å². The zero-order valence-electron chi connectivity index (χ0n) is 5.88. The van der Waals surface area contributed by atoms with Crippen molar-refractivity contribution < 1.29 is 10.2 Å². The summed E-state index contributed by atoms with van der Waals surface area (Å²) in [6, 6.07) is 5.18. The first-order chi connectivity index (χ1) is 5.20. The van der Waals surface area contributed by atoms with E-state index in [0.717, 1.165) is 11.6 Å². The molecular weight excluding hydrogens is 276 g/mol. The first kappa shape index (κ1) is 10.9. The van der Waals surface area contributed by atoms with Gasteiger partial charge < -0.3 is 10.2 Å². The normalized spacial score (nSPS) is 8.36. The Labute approximate surface area is 82.1 Å². The highest BCUT2D eigenvalue weighted by molar-refractivity contribution is 9.11. The summed E-state index contributed by atoms with van der Waals surface area (Å²) >= 11 is 6.42. The van der Waals surface area contributed by atoms with Crippen LogP contribution in [0.15, 0.2) is 27.1 Å². The Balaban J connectivity index is 0.000000461. The van der Waals surface area contributed by atoms with E-state index in [-0.39, 0.29) is 5.75 Å². The van der Waals surface area contributed by atoms with Gasteiger partial charge in [0.05, 0.1) is 4.47 Å². The maximum atomic E-state index is 8.98. The molecule has 0 saturated carbocycles. The number of aliphatic hydroxyl groups excluding tert-OH is 1. The molecule has 0 saturated heterocycles. The van der Waals surface area contributed by atoms with Crippen molar-refractivity contribution in [3.63, 3.8) is 0 Å². The predicted molar refractivity (Wildman–Crippen MR) is 51.6 cm³/mol. The van der Waals surface area contributed by atoms with Crippen molar-refractivity contribution in [1.29, 1.82) is 0 Å². The molecule has 1 aromatic carbocycles. The number of aliphatic hydroxyl groups is 1. The van der Waals surface area contributed by atoms with Gasteiger partial charge >= 0.3 is 0 Å². The molecule has 1 aromatic rings. The first-order valence-electron chi connectivity index (χ1n) is 2.79. The molecule has 0 heterocycles. The molecule has 0 radical (unpaired) electrons. The van der Waals surface area contributed by atoms with Gasteiger partial charge in [-0.15, -0.1) is 0 Å². The molecule has 4 heteroatoms. The zero-order valence-corrected chi connectivity index (χ0v) is 9.05. The fraction of sp³-hybridized carbons (Fsp3) is 0.143. The summed E-state index contributed by atoms with van der Waals surface area (Å²) in [5, 5.41) is 16.0. The van der Waals surface area contributed by atoms with Crippen molar-refractivity contribution in [1.82, 2.24) is 0 Å². The highest BCUT2D eigenvalue weighted by Crippen LogP contribution is 2.26. The molecule has 0 bridgehead atoms. The zero-order chi connectivity index (χ0) is 8.85. The van der Waals surface area contributed by atoms with Crippen molar-refractivity contribution in [3.05, 3.63) is 27.1 Å². The summed E-state index contributed by atoms with van der Waals surface area (Å²) in [6.07, 6.45) is 0. The van der Waals surface area contributed by atoms with Gasteiger partial charge in [-0.05, 0) is 34.1 Å². The van der Waals surface area contributed by atoms with Gasteiger partial charge in [-0.2, -0.15) is 0 Å². The van der Waals surface area contributed by atoms with Crippen LogP contribution in [0.4, 0.5) is 0 Å². The Morgan fingerprint density at radius 1 is 1.18 bits per heavy atom. The highest BCUT2D eigenvalue weighted by Gasteiger charge is 1.94. The molecule has 0 aliphatic rings. The quantitative estimate of drug-likeness (QED) is 0.768. The topological polar surface area (TPSA) is 40.5 Å². The molecule has 0 spiro atoms. The van der Waals surface area contributed by atoms with Gasteiger partial charge in [0.2, 0.25) is 0 Å². The lowest BCUT2D eigenvalue weighted by atomic mass is 10.3. The minimum absolute atomic E-state index is 0.262. The van der Waals surface area contributed by atoms with Crippen LogP contribution in [0.1, 0.15) is 0 Å². The van der Waals surface area contributed by atoms with Crippen molar-refractivity contribution in [2.24, 2.45) is 0 Å². The maximum absolute atomic E-state index is 8.98. The number of benzene rings is 1. The van der Waals surface area contributed by atoms with E-state index >= 15 is 0 Å². The molecular formula is C7H8Br2O2. The van der Waals surface area contributed by atoms with Crippen molar-refractivity contribution in [2.45, 2.75) is 0 Å². The number of hydrogen-bond donors (Lipinski definition) is 2. The first-order valence-corrected chi connectivity index (χ1v) is 4.37. The van der Waals surface area contributed by atoms with Gasteiger partial charge in [0.25, 0.3) is 0 Å². The van der Waals surface area contributed by atoms with Gasteiger partial charge in [-0.1, -0.05) is 15.9 Å². The predicted octanol–water partition coefficient (Wildman–Crippen LogP) is 2.53. The molecule has 0 unspecified atom stereocenters. The highest BCUT2D eigenvalue weighted by atomic mass is 79.9. The van der Waals surface area contributed by atoms with Crippen LogP contribution in [-0.2, 0) is 0 Å². The Morgan fingerprint density at radius 2 is 1.73 bits per heavy atom. The number of phenols is 1. The number of phenolic OH excluding ortho intramolecular Hbond substituents is 1. The molecule has 11 heavy (non-hydrogen) atoms. The molecule has 0 aromatic heterocycles. The second-order valence-electron chi connectivity index (χ2n) is 1.60. The van der Waals surface area contributed by atoms with Gasteiger partial charge in [-0.25, -0.2) is 0 Å². The second-order valence-corrected chi connectivity index (χ2v) is 3.37. The molecule has 62 valence electrons. The molecule has 0 aliphatic carbocycles. The van der Waals surface area contributed by atoms with Crippen LogP contribution in [0.5, 0.6) is 5.75 Å². The summed E-state index contributed by atoms with van der Waals surface area (Å²) in [7, 11) is 1.00. The third-order valence-corrected chi connectivity index (χ3v) is 2.04. The Kier molecular flexibility index (Phi) is 5.54. The summed E-state index contributed by atoms with van der Waals surface area (Å²) in [5.41, 5.74) is 0. The van der Waals surface area contributed by atoms with Crippen LogP contribution in [0.3, 0.4) is 0 Å². The summed E-state index contributed by atoms with van der Waals surface area (Å²) in [4.78, 5) is 0. The molecule has 0 fully saturated rings. The fourth-order valence-corrected chi connectivity index (χ4v) is 1.53. The number of aromatic hydroxyl groups is 1. The minimum atomic E-state index is 0.262. The molecule has 1 rings (SSSR count). The monoisotopic (exact) mass is 282 g/mol. The largest absolute Gasteiger partial charge is 0.507 e. The second kappa shape index (κ2) is 5.57. The van der Waals surface area contributed by atoms with Crippen molar-refractivity contribution in [2.75, 3.05) is 7.11 Å². The Morgan fingerprint density at radius 3 is 2.09 bits per heavy atom. The lowest BCUT2D eigenvalue weighted by Crippen LogP contribution is -1.67. The van der Waals surface area contributed by atoms with E-state index in [4.69, 9.17) is 10.2 Å². The van der Waals surface area contributed by atoms with E-state index in [1.165, 1.54) is 0 Å². The summed E-state index contributed by atoms with van der Waals surface area (Å²) in [6.45, 7) is 0. The maximum Gasteiger partial charge on any atom is 0.129 e. The Bertz CT molecular complexity index is 226. The van der Waals surface area contributed by atoms with Crippen LogP contribution >= 0.6 is 31.9 Å². The average Bonchev–Trinajstić information content (AvgIpc) is 2.02. The summed E-state index contributed by atoms with van der Waals surface area (Å²) < 4.78 is 1.66. The van der Waals surface area contributed by atoms with Gasteiger partial charge in [-0.3, -0.25) is 0 Å². The molecule has 0 aliphatic heterocycles. The summed E-state index contributed by atoms with van der Waals surface area (Å²) in [5.74, 6) is 0.262. The smallest absolute Gasteiger partial charge is 0.129 e. The molecule has 0 amide bonds. The Hall–Kier alpha value is -0.0600. The van der Waals surface area contributed by atoms with Crippen LogP contribution in [0.2, 0.25) is 0 Å². The number of rotatable bonds is 0. The third-order valence-electron chi connectivity index (χ3n) is 0.910. The fourth-order valence-electron chi connectivity index (χ4n) is 0.481. The SMILES string of the molecule is CO.Oc1ccc(Br)cc1Br. The lowest BCUT2D eigenvalue weighted by molar-refractivity contribution is 0.399. The van der Waals surface area contributed by atoms with Crippen LogP contribution in [-0.4, -0.2) is 17.3 Å². The van der Waals surface area contributed by atoms with Gasteiger partial charge in [0.1, 0.15) is 5.75 Å². The average molecular weight is 284 g/mol. The standard InChI is InChI=1S/C6H4Br2O.CH4O/c7-4-1-2-6(9)5(8)3-4;1-2/h1-3,9H;2H,1H3. The molecule has 2 N–H and O–H groups in total. The van der Waals surface area contributed by atoms with Gasteiger partial charge in [0.15, 0.2) is 0 Å². The number of hydrogen-bond acceptors (Lipinski definition) is 2. The van der Waals surface area contributed by atoms with Crippen molar-refractivity contribution >= 4 is 31.9 Å². The minimum Gasteiger partial charge on any atom is -0.507 e. The van der Waals surface area contributed by atoms with Crippen LogP contribution < -0.4 is 0 Å². The van der Waals surface area contributed by atoms with E-state index in [1.54, 1.807) is 18.2 Å². The van der Waals surface area contributed by atoms with Gasteiger partial charge in [0, 0.05) is 11.6 Å². The third kappa shape index (κ3) is 3.74. The van der Waals surface area contributed by atoms with E-state index in [2.05, 4.69) is 31.9 Å². The lowest BCUT2D eigenvalue weighted by Gasteiger charge is -1.94. The van der Waals surface area contributed by atoms with Crippen LogP contribution in [0, 0.1) is 0 Å². The number of halogens is 2. The van der Waals surface area contributed by atoms with E-state index in [0.29, 0.717) is 4.47 Å². The van der Waals surface area contributed by atoms with Crippen molar-refractivity contribution in [3.8, 4) is 5.75 Å². The van der Waals surface area contributed by atoms with E-state index < -0.39 is 0 Å². The van der Waals surface area contributed by atoms with E-state index in [1.807, 2.05) is 0 Å². The molecule has 2 nitrogen and oxygen atoms in total. The molecule has 0 atom stereocenters. The van der Waals surface area contributed by atoms with E-state index in [9.17, 15) is 0 Å².